The number of nitrogens with one attached hydrogen (secondary N) is 2. The first-order valence-electron chi connectivity index (χ1n) is 6.38. The van der Waals surface area contributed by atoms with E-state index in [4.69, 9.17) is 5.11 Å². The van der Waals surface area contributed by atoms with Crippen molar-refractivity contribution in [2.75, 3.05) is 13.1 Å². The molecule has 3 N–H and O–H groups in total. The Balaban J connectivity index is 1.58. The minimum absolute atomic E-state index is 0.0262. The fourth-order valence-electron chi connectivity index (χ4n) is 3.20. The molecule has 3 unspecified atom stereocenters. The third kappa shape index (κ3) is 3.35. The summed E-state index contributed by atoms with van der Waals surface area (Å²) in [6.07, 6.45) is 5.25. The molecule has 0 heterocycles. The van der Waals surface area contributed by atoms with Crippen molar-refractivity contribution in [2.24, 2.45) is 17.8 Å². The van der Waals surface area contributed by atoms with Crippen molar-refractivity contribution < 1.29 is 14.7 Å². The number of carboxylic acid groups (broad SMARTS) is 1. The molecule has 2 rings (SSSR count). The summed E-state index contributed by atoms with van der Waals surface area (Å²) in [6.45, 7) is 0.929. The van der Waals surface area contributed by atoms with Crippen LogP contribution in [0.4, 0.5) is 4.79 Å². The van der Waals surface area contributed by atoms with Crippen LogP contribution in [0.2, 0.25) is 0 Å². The van der Waals surface area contributed by atoms with Crippen molar-refractivity contribution in [1.82, 2.24) is 10.6 Å². The highest BCUT2D eigenvalue weighted by Crippen LogP contribution is 2.47. The zero-order chi connectivity index (χ0) is 12.3. The molecule has 0 spiro atoms. The summed E-state index contributed by atoms with van der Waals surface area (Å²) in [4.78, 5) is 21.6. The zero-order valence-corrected chi connectivity index (χ0v) is 9.95. The Kier molecular flexibility index (Phi) is 3.86. The number of hydrogen-bond acceptors (Lipinski definition) is 2. The Labute approximate surface area is 101 Å². The molecule has 5 nitrogen and oxygen atoms in total. The van der Waals surface area contributed by atoms with Crippen LogP contribution in [0.5, 0.6) is 0 Å². The lowest BCUT2D eigenvalue weighted by molar-refractivity contribution is -0.136. The first-order chi connectivity index (χ1) is 8.15. The third-order valence-electron chi connectivity index (χ3n) is 4.03. The molecule has 2 saturated carbocycles. The standard InChI is InChI=1S/C12H20N2O3/c15-11(16)3-4-13-12(17)14-7-10-6-8-1-2-9(10)5-8/h8-10H,1-7H2,(H,15,16)(H2,13,14,17). The molecule has 2 amide bonds. The Morgan fingerprint density at radius 2 is 2.00 bits per heavy atom. The molecule has 2 bridgehead atoms. The normalized spacial score (nSPS) is 30.2. The van der Waals surface area contributed by atoms with E-state index in [0.717, 1.165) is 18.4 Å². The van der Waals surface area contributed by atoms with E-state index in [1.807, 2.05) is 0 Å². The highest BCUT2D eigenvalue weighted by molar-refractivity contribution is 5.74. The van der Waals surface area contributed by atoms with Gasteiger partial charge in [0.15, 0.2) is 0 Å². The van der Waals surface area contributed by atoms with Crippen LogP contribution in [0.3, 0.4) is 0 Å². The fourth-order valence-corrected chi connectivity index (χ4v) is 3.20. The average Bonchev–Trinajstić information content (AvgIpc) is 2.87. The van der Waals surface area contributed by atoms with Gasteiger partial charge in [-0.1, -0.05) is 6.42 Å². The Morgan fingerprint density at radius 1 is 1.18 bits per heavy atom. The van der Waals surface area contributed by atoms with Gasteiger partial charge in [-0.3, -0.25) is 4.79 Å². The summed E-state index contributed by atoms with van der Waals surface area (Å²) in [6, 6.07) is -0.242. The maximum absolute atomic E-state index is 11.4. The largest absolute Gasteiger partial charge is 0.481 e. The zero-order valence-electron chi connectivity index (χ0n) is 9.95. The molecular formula is C12H20N2O3. The van der Waals surface area contributed by atoms with Crippen molar-refractivity contribution in [3.8, 4) is 0 Å². The van der Waals surface area contributed by atoms with E-state index in [-0.39, 0.29) is 19.0 Å². The first kappa shape index (κ1) is 12.2. The van der Waals surface area contributed by atoms with Gasteiger partial charge in [-0.15, -0.1) is 0 Å². The molecule has 0 saturated heterocycles. The molecule has 2 fully saturated rings. The molecule has 0 radical (unpaired) electrons. The van der Waals surface area contributed by atoms with E-state index in [2.05, 4.69) is 10.6 Å². The number of hydrogen-bond donors (Lipinski definition) is 3. The van der Waals surface area contributed by atoms with Crippen LogP contribution in [-0.2, 0) is 4.79 Å². The lowest BCUT2D eigenvalue weighted by Gasteiger charge is -2.21. The third-order valence-corrected chi connectivity index (χ3v) is 4.03. The molecule has 96 valence electrons. The molecule has 0 aromatic heterocycles. The number of aliphatic carboxylic acids is 1. The SMILES string of the molecule is O=C(O)CCNC(=O)NCC1CC2CCC1C2. The smallest absolute Gasteiger partial charge is 0.314 e. The summed E-state index contributed by atoms with van der Waals surface area (Å²) in [5.74, 6) is 1.44. The quantitative estimate of drug-likeness (QED) is 0.675. The molecular weight excluding hydrogens is 220 g/mol. The molecule has 3 atom stereocenters. The van der Waals surface area contributed by atoms with Crippen LogP contribution >= 0.6 is 0 Å². The maximum atomic E-state index is 11.4. The second-order valence-corrected chi connectivity index (χ2v) is 5.22. The summed E-state index contributed by atoms with van der Waals surface area (Å²) in [7, 11) is 0. The summed E-state index contributed by atoms with van der Waals surface area (Å²) >= 11 is 0. The molecule has 5 heteroatoms. The van der Waals surface area contributed by atoms with E-state index >= 15 is 0 Å². The van der Waals surface area contributed by atoms with Gasteiger partial charge in [0.05, 0.1) is 6.42 Å². The van der Waals surface area contributed by atoms with E-state index in [1.165, 1.54) is 25.7 Å². The maximum Gasteiger partial charge on any atom is 0.314 e. The van der Waals surface area contributed by atoms with Gasteiger partial charge in [0.25, 0.3) is 0 Å². The monoisotopic (exact) mass is 240 g/mol. The summed E-state index contributed by atoms with van der Waals surface area (Å²) in [5, 5.41) is 13.8. The van der Waals surface area contributed by atoms with Crippen LogP contribution < -0.4 is 10.6 Å². The Bertz CT molecular complexity index is 306. The van der Waals surface area contributed by atoms with E-state index in [0.29, 0.717) is 5.92 Å². The highest BCUT2D eigenvalue weighted by Gasteiger charge is 2.39. The predicted molar refractivity (Wildman–Crippen MR) is 62.6 cm³/mol. The van der Waals surface area contributed by atoms with Gasteiger partial charge in [0, 0.05) is 13.1 Å². The van der Waals surface area contributed by atoms with Gasteiger partial charge in [-0.05, 0) is 37.0 Å². The Hall–Kier alpha value is -1.26. The highest BCUT2D eigenvalue weighted by atomic mass is 16.4. The van der Waals surface area contributed by atoms with Crippen LogP contribution in [0.1, 0.15) is 32.1 Å². The minimum Gasteiger partial charge on any atom is -0.481 e. The van der Waals surface area contributed by atoms with Gasteiger partial charge >= 0.3 is 12.0 Å². The van der Waals surface area contributed by atoms with Gasteiger partial charge < -0.3 is 15.7 Å². The summed E-state index contributed by atoms with van der Waals surface area (Å²) < 4.78 is 0. The molecule has 0 aromatic rings. The fraction of sp³-hybridized carbons (Fsp3) is 0.833. The van der Waals surface area contributed by atoms with Crippen LogP contribution in [0, 0.1) is 17.8 Å². The summed E-state index contributed by atoms with van der Waals surface area (Å²) in [5.41, 5.74) is 0. The van der Waals surface area contributed by atoms with Crippen molar-refractivity contribution in [3.63, 3.8) is 0 Å². The number of carboxylic acids is 1. The predicted octanol–water partition coefficient (Wildman–Crippen LogP) is 1.20. The average molecular weight is 240 g/mol. The first-order valence-corrected chi connectivity index (χ1v) is 6.38. The molecule has 0 aromatic carbocycles. The molecule has 17 heavy (non-hydrogen) atoms. The van der Waals surface area contributed by atoms with E-state index in [1.54, 1.807) is 0 Å². The lowest BCUT2D eigenvalue weighted by Crippen LogP contribution is -2.40. The van der Waals surface area contributed by atoms with Crippen LogP contribution in [0.15, 0.2) is 0 Å². The number of urea groups is 1. The van der Waals surface area contributed by atoms with Crippen LogP contribution in [-0.4, -0.2) is 30.2 Å². The molecule has 0 aliphatic heterocycles. The number of carbonyl (C=O) groups excluding carboxylic acids is 1. The second kappa shape index (κ2) is 5.38. The van der Waals surface area contributed by atoms with Gasteiger partial charge in [0.1, 0.15) is 0 Å². The Morgan fingerprint density at radius 3 is 2.59 bits per heavy atom. The van der Waals surface area contributed by atoms with E-state index in [9.17, 15) is 9.59 Å². The van der Waals surface area contributed by atoms with Gasteiger partial charge in [-0.2, -0.15) is 0 Å². The van der Waals surface area contributed by atoms with Crippen molar-refractivity contribution in [1.29, 1.82) is 0 Å². The number of fused-ring (bicyclic) bond motifs is 2. The van der Waals surface area contributed by atoms with E-state index < -0.39 is 5.97 Å². The number of amides is 2. The van der Waals surface area contributed by atoms with Crippen molar-refractivity contribution in [2.45, 2.75) is 32.1 Å². The topological polar surface area (TPSA) is 78.4 Å². The van der Waals surface area contributed by atoms with Gasteiger partial charge in [-0.25, -0.2) is 4.79 Å². The number of carbonyl (C=O) groups is 2. The second-order valence-electron chi connectivity index (χ2n) is 5.22. The number of rotatable bonds is 5. The van der Waals surface area contributed by atoms with Crippen LogP contribution in [0.25, 0.3) is 0 Å². The molecule has 2 aliphatic carbocycles. The molecule has 2 aliphatic rings. The van der Waals surface area contributed by atoms with Crippen molar-refractivity contribution in [3.05, 3.63) is 0 Å². The lowest BCUT2D eigenvalue weighted by atomic mass is 9.89. The minimum atomic E-state index is -0.890. The van der Waals surface area contributed by atoms with Crippen molar-refractivity contribution >= 4 is 12.0 Å². The van der Waals surface area contributed by atoms with Gasteiger partial charge in [0.2, 0.25) is 0 Å².